The molecule has 0 fully saturated rings. The van der Waals surface area contributed by atoms with Crippen LogP contribution in [0.4, 0.5) is 5.69 Å². The quantitative estimate of drug-likeness (QED) is 0.482. The zero-order valence-corrected chi connectivity index (χ0v) is 18.3. The first-order valence-corrected chi connectivity index (χ1v) is 10.5. The molecule has 0 amide bonds. The van der Waals surface area contributed by atoms with Gasteiger partial charge in [0.15, 0.2) is 5.60 Å². The van der Waals surface area contributed by atoms with E-state index in [1.165, 1.54) is 0 Å². The Bertz CT molecular complexity index is 1110. The number of nitrogens with zero attached hydrogens (tertiary/aromatic N) is 1. The summed E-state index contributed by atoms with van der Waals surface area (Å²) >= 11 is 0. The summed E-state index contributed by atoms with van der Waals surface area (Å²) in [5.41, 5.74) is 3.12. The summed E-state index contributed by atoms with van der Waals surface area (Å²) in [5, 5.41) is 0. The molecule has 3 aromatic carbocycles. The minimum Gasteiger partial charge on any atom is -0.497 e. The van der Waals surface area contributed by atoms with Gasteiger partial charge in [0, 0.05) is 60.3 Å². The zero-order valence-electron chi connectivity index (χ0n) is 18.3. The molecule has 4 rings (SSSR count). The number of carbonyl (C=O) groups is 1. The summed E-state index contributed by atoms with van der Waals surface area (Å²) in [4.78, 5) is 14.2. The van der Waals surface area contributed by atoms with Gasteiger partial charge in [0.1, 0.15) is 23.5 Å². The molecule has 1 aliphatic rings. The normalized spacial score (nSPS) is 16.6. The van der Waals surface area contributed by atoms with Crippen molar-refractivity contribution in [1.82, 2.24) is 0 Å². The van der Waals surface area contributed by atoms with Crippen LogP contribution in [0.3, 0.4) is 0 Å². The summed E-state index contributed by atoms with van der Waals surface area (Å²) in [6.07, 6.45) is 0.874. The molecule has 5 heteroatoms. The number of benzene rings is 3. The van der Waals surface area contributed by atoms with Crippen LogP contribution in [0, 0.1) is 0 Å². The van der Waals surface area contributed by atoms with Gasteiger partial charge < -0.3 is 19.1 Å². The molecule has 31 heavy (non-hydrogen) atoms. The molecule has 3 aromatic rings. The molecule has 0 bridgehead atoms. The van der Waals surface area contributed by atoms with Crippen molar-refractivity contribution < 1.29 is 19.0 Å². The third-order valence-electron chi connectivity index (χ3n) is 6.03. The van der Waals surface area contributed by atoms with E-state index in [0.717, 1.165) is 41.8 Å². The van der Waals surface area contributed by atoms with Crippen LogP contribution in [-0.2, 0) is 10.3 Å². The lowest BCUT2D eigenvalue weighted by atomic mass is 9.76. The van der Waals surface area contributed by atoms with Gasteiger partial charge >= 0.3 is 0 Å². The maximum absolute atomic E-state index is 12.0. The minimum absolute atomic E-state index is 0.576. The van der Waals surface area contributed by atoms with Gasteiger partial charge in [-0.15, -0.1) is 0 Å². The summed E-state index contributed by atoms with van der Waals surface area (Å²) in [7, 11) is 3.30. The summed E-state index contributed by atoms with van der Waals surface area (Å²) in [6.45, 7) is 6.04. The summed E-state index contributed by atoms with van der Waals surface area (Å²) < 4.78 is 18.1. The lowest BCUT2D eigenvalue weighted by molar-refractivity contribution is 0.0491. The Morgan fingerprint density at radius 1 is 0.903 bits per heavy atom. The molecule has 160 valence electrons. The largest absolute Gasteiger partial charge is 0.497 e. The molecule has 0 radical (unpaired) electrons. The van der Waals surface area contributed by atoms with Gasteiger partial charge in [-0.3, -0.25) is 4.79 Å². The van der Waals surface area contributed by atoms with E-state index >= 15 is 0 Å². The number of anilines is 1. The number of hydrogen-bond donors (Lipinski definition) is 0. The molecule has 0 aliphatic carbocycles. The van der Waals surface area contributed by atoms with Crippen LogP contribution < -0.4 is 14.4 Å². The highest BCUT2D eigenvalue weighted by molar-refractivity contribution is 5.80. The Morgan fingerprint density at radius 3 is 2.23 bits per heavy atom. The van der Waals surface area contributed by atoms with Crippen molar-refractivity contribution >= 4 is 12.0 Å². The second-order valence-corrected chi connectivity index (χ2v) is 7.41. The molecule has 0 N–H and O–H groups in total. The standard InChI is InChI=1S/C26H27NO4/c1-5-27(6-2)19-11-13-22-24(15-19)31-25-16-20(29-3)12-14-23(25)26(22,30-4)21-10-8-7-9-18(21)17-28/h7-17H,5-6H2,1-4H3. The fraction of sp³-hybridized carbons (Fsp3) is 0.269. The summed E-state index contributed by atoms with van der Waals surface area (Å²) in [5.74, 6) is 2.04. The average molecular weight is 418 g/mol. The van der Waals surface area contributed by atoms with Crippen molar-refractivity contribution in [2.75, 3.05) is 32.2 Å². The zero-order chi connectivity index (χ0) is 22.0. The Hall–Kier alpha value is -3.31. The molecule has 1 heterocycles. The van der Waals surface area contributed by atoms with Gasteiger partial charge in [-0.2, -0.15) is 0 Å². The molecule has 0 saturated carbocycles. The monoisotopic (exact) mass is 417 g/mol. The summed E-state index contributed by atoms with van der Waals surface area (Å²) in [6, 6.07) is 19.4. The first-order chi connectivity index (χ1) is 15.1. The Labute approximate surface area is 183 Å². The van der Waals surface area contributed by atoms with Crippen molar-refractivity contribution in [3.8, 4) is 17.2 Å². The Balaban J connectivity index is 2.04. The minimum atomic E-state index is -0.992. The third kappa shape index (κ3) is 3.26. The second-order valence-electron chi connectivity index (χ2n) is 7.41. The lowest BCUT2D eigenvalue weighted by Crippen LogP contribution is -2.36. The van der Waals surface area contributed by atoms with Crippen LogP contribution in [-0.4, -0.2) is 33.6 Å². The van der Waals surface area contributed by atoms with Crippen molar-refractivity contribution in [2.24, 2.45) is 0 Å². The van der Waals surface area contributed by atoms with Crippen LogP contribution in [0.2, 0.25) is 0 Å². The lowest BCUT2D eigenvalue weighted by Gasteiger charge is -2.40. The van der Waals surface area contributed by atoms with Crippen LogP contribution >= 0.6 is 0 Å². The fourth-order valence-electron chi connectivity index (χ4n) is 4.48. The van der Waals surface area contributed by atoms with Crippen LogP contribution in [0.1, 0.15) is 40.9 Å². The van der Waals surface area contributed by atoms with Crippen LogP contribution in [0.25, 0.3) is 0 Å². The van der Waals surface area contributed by atoms with Crippen molar-refractivity contribution in [2.45, 2.75) is 19.4 Å². The molecule has 0 saturated heterocycles. The predicted octanol–water partition coefficient (Wildman–Crippen LogP) is 5.40. The number of aldehydes is 1. The van der Waals surface area contributed by atoms with Crippen LogP contribution in [0.5, 0.6) is 17.2 Å². The Kier molecular flexibility index (Phi) is 5.70. The van der Waals surface area contributed by atoms with Crippen molar-refractivity contribution in [3.05, 3.63) is 82.9 Å². The number of ether oxygens (including phenoxy) is 3. The smallest absolute Gasteiger partial charge is 0.151 e. The van der Waals surface area contributed by atoms with Gasteiger partial charge in [-0.1, -0.05) is 24.3 Å². The fourth-order valence-corrected chi connectivity index (χ4v) is 4.48. The van der Waals surface area contributed by atoms with E-state index in [2.05, 4.69) is 24.8 Å². The van der Waals surface area contributed by atoms with Gasteiger partial charge in [-0.05, 0) is 38.1 Å². The van der Waals surface area contributed by atoms with E-state index in [1.54, 1.807) is 14.2 Å². The van der Waals surface area contributed by atoms with Gasteiger partial charge in [-0.25, -0.2) is 0 Å². The highest BCUT2D eigenvalue weighted by atomic mass is 16.5. The molecule has 1 aliphatic heterocycles. The number of methoxy groups -OCH3 is 2. The predicted molar refractivity (Wildman–Crippen MR) is 122 cm³/mol. The number of rotatable bonds is 7. The number of hydrogen-bond acceptors (Lipinski definition) is 5. The van der Waals surface area contributed by atoms with Crippen LogP contribution in [0.15, 0.2) is 60.7 Å². The van der Waals surface area contributed by atoms with E-state index in [0.29, 0.717) is 22.8 Å². The van der Waals surface area contributed by atoms with E-state index in [4.69, 9.17) is 14.2 Å². The van der Waals surface area contributed by atoms with E-state index in [1.807, 2.05) is 54.6 Å². The van der Waals surface area contributed by atoms with E-state index < -0.39 is 5.60 Å². The topological polar surface area (TPSA) is 48.0 Å². The molecular weight excluding hydrogens is 390 g/mol. The second kappa shape index (κ2) is 8.44. The van der Waals surface area contributed by atoms with E-state index in [-0.39, 0.29) is 0 Å². The van der Waals surface area contributed by atoms with Crippen molar-refractivity contribution in [3.63, 3.8) is 0 Å². The van der Waals surface area contributed by atoms with Gasteiger partial charge in [0.2, 0.25) is 0 Å². The molecular formula is C26H27NO4. The molecule has 0 aromatic heterocycles. The average Bonchev–Trinajstić information content (AvgIpc) is 2.82. The maximum atomic E-state index is 12.0. The molecule has 5 nitrogen and oxygen atoms in total. The molecule has 1 unspecified atom stereocenters. The Morgan fingerprint density at radius 2 is 1.58 bits per heavy atom. The third-order valence-corrected chi connectivity index (χ3v) is 6.03. The maximum Gasteiger partial charge on any atom is 0.151 e. The number of fused-ring (bicyclic) bond motifs is 2. The SMILES string of the molecule is CCN(CC)c1ccc2c(c1)Oc1cc(OC)ccc1C2(OC)c1ccccc1C=O. The molecule has 0 spiro atoms. The van der Waals surface area contributed by atoms with E-state index in [9.17, 15) is 4.79 Å². The van der Waals surface area contributed by atoms with Crippen molar-refractivity contribution in [1.29, 1.82) is 0 Å². The first-order valence-electron chi connectivity index (χ1n) is 10.5. The number of carbonyl (C=O) groups excluding carboxylic acids is 1. The van der Waals surface area contributed by atoms with Gasteiger partial charge in [0.25, 0.3) is 0 Å². The molecule has 1 atom stereocenters. The van der Waals surface area contributed by atoms with Gasteiger partial charge in [0.05, 0.1) is 7.11 Å². The highest BCUT2D eigenvalue weighted by Crippen LogP contribution is 2.54. The highest BCUT2D eigenvalue weighted by Gasteiger charge is 2.45. The first kappa shape index (κ1) is 20.9.